The maximum absolute atomic E-state index is 11.9. The third-order valence-corrected chi connectivity index (χ3v) is 3.41. The first kappa shape index (κ1) is 17.4. The number of carbonyl (C=O) groups excluding carboxylic acids is 3. The summed E-state index contributed by atoms with van der Waals surface area (Å²) >= 11 is 0. The van der Waals surface area contributed by atoms with Crippen LogP contribution in [0, 0.1) is 0 Å². The van der Waals surface area contributed by atoms with E-state index in [4.69, 9.17) is 5.73 Å². The van der Waals surface area contributed by atoms with Crippen LogP contribution in [0.4, 0.5) is 5.69 Å². The van der Waals surface area contributed by atoms with E-state index in [1.54, 1.807) is 18.2 Å². The van der Waals surface area contributed by atoms with Crippen LogP contribution in [0.1, 0.15) is 28.4 Å². The number of benzene rings is 2. The Kier molecular flexibility index (Phi) is 5.81. The molecule has 0 unspecified atom stereocenters. The normalized spacial score (nSPS) is 10.1. The highest BCUT2D eigenvalue weighted by molar-refractivity contribution is 6.39. The van der Waals surface area contributed by atoms with Crippen LogP contribution in [0.5, 0.6) is 0 Å². The van der Waals surface area contributed by atoms with Gasteiger partial charge >= 0.3 is 11.8 Å². The van der Waals surface area contributed by atoms with Crippen molar-refractivity contribution in [1.82, 2.24) is 5.32 Å². The Bertz CT molecular complexity index is 772. The number of carbonyl (C=O) groups is 3. The highest BCUT2D eigenvalue weighted by Gasteiger charge is 2.14. The number of rotatable bonds is 5. The minimum absolute atomic E-state index is 0.115. The van der Waals surface area contributed by atoms with Crippen LogP contribution in [0.25, 0.3) is 0 Å². The van der Waals surface area contributed by atoms with Crippen LogP contribution in [0.2, 0.25) is 0 Å². The number of Topliss-reactive ketones (excluding diaryl/α,β-unsaturated/α-hetero) is 1. The Balaban J connectivity index is 1.93. The SMILES string of the molecule is CC(=O)c1cccc(NC(=O)C(=O)NCc2cccc(CN)c2)c1. The van der Waals surface area contributed by atoms with Gasteiger partial charge in [0.05, 0.1) is 0 Å². The number of nitrogens with two attached hydrogens (primary N) is 1. The molecule has 0 bridgehead atoms. The maximum atomic E-state index is 11.9. The fraction of sp³-hybridized carbons (Fsp3) is 0.167. The molecule has 124 valence electrons. The minimum Gasteiger partial charge on any atom is -0.344 e. The molecule has 6 heteroatoms. The molecule has 0 saturated carbocycles. The predicted molar refractivity (Wildman–Crippen MR) is 91.3 cm³/mol. The monoisotopic (exact) mass is 325 g/mol. The lowest BCUT2D eigenvalue weighted by Gasteiger charge is -2.08. The highest BCUT2D eigenvalue weighted by atomic mass is 16.2. The van der Waals surface area contributed by atoms with Crippen molar-refractivity contribution >= 4 is 23.3 Å². The van der Waals surface area contributed by atoms with E-state index in [0.717, 1.165) is 11.1 Å². The van der Waals surface area contributed by atoms with Crippen LogP contribution in [-0.2, 0) is 22.7 Å². The lowest BCUT2D eigenvalue weighted by Crippen LogP contribution is -2.35. The quantitative estimate of drug-likeness (QED) is 0.574. The van der Waals surface area contributed by atoms with E-state index in [1.165, 1.54) is 13.0 Å². The van der Waals surface area contributed by atoms with Gasteiger partial charge in [-0.2, -0.15) is 0 Å². The first-order valence-corrected chi connectivity index (χ1v) is 7.47. The summed E-state index contributed by atoms with van der Waals surface area (Å²) in [6.45, 7) is 2.07. The van der Waals surface area contributed by atoms with Gasteiger partial charge in [-0.1, -0.05) is 36.4 Å². The van der Waals surface area contributed by atoms with Crippen LogP contribution < -0.4 is 16.4 Å². The molecule has 24 heavy (non-hydrogen) atoms. The molecular weight excluding hydrogens is 306 g/mol. The Hall–Kier alpha value is -2.99. The van der Waals surface area contributed by atoms with Gasteiger partial charge < -0.3 is 16.4 Å². The molecule has 0 radical (unpaired) electrons. The zero-order valence-electron chi connectivity index (χ0n) is 13.3. The van der Waals surface area contributed by atoms with Gasteiger partial charge in [-0.15, -0.1) is 0 Å². The zero-order chi connectivity index (χ0) is 17.5. The Morgan fingerprint density at radius 2 is 1.67 bits per heavy atom. The molecule has 2 amide bonds. The van der Waals surface area contributed by atoms with Crippen LogP contribution in [-0.4, -0.2) is 17.6 Å². The number of anilines is 1. The van der Waals surface area contributed by atoms with Crippen LogP contribution in [0.3, 0.4) is 0 Å². The zero-order valence-corrected chi connectivity index (χ0v) is 13.3. The summed E-state index contributed by atoms with van der Waals surface area (Å²) < 4.78 is 0. The Labute approximate surface area is 140 Å². The van der Waals surface area contributed by atoms with E-state index < -0.39 is 11.8 Å². The third kappa shape index (κ3) is 4.76. The molecule has 0 aliphatic heterocycles. The largest absolute Gasteiger partial charge is 0.344 e. The van der Waals surface area contributed by atoms with Gasteiger partial charge in [-0.3, -0.25) is 14.4 Å². The molecule has 0 fully saturated rings. The fourth-order valence-corrected chi connectivity index (χ4v) is 2.13. The van der Waals surface area contributed by atoms with E-state index >= 15 is 0 Å². The molecule has 0 aliphatic rings. The second-order valence-electron chi connectivity index (χ2n) is 5.30. The predicted octanol–water partition coefficient (Wildman–Crippen LogP) is 1.60. The topological polar surface area (TPSA) is 101 Å². The molecule has 0 heterocycles. The number of ketones is 1. The van der Waals surface area contributed by atoms with E-state index in [1.807, 2.05) is 24.3 Å². The molecule has 6 nitrogen and oxygen atoms in total. The molecule has 0 aliphatic carbocycles. The number of nitrogens with one attached hydrogen (secondary N) is 2. The van der Waals surface area contributed by atoms with E-state index in [0.29, 0.717) is 17.8 Å². The third-order valence-electron chi connectivity index (χ3n) is 3.41. The molecular formula is C18H19N3O3. The minimum atomic E-state index is -0.786. The molecule has 4 N–H and O–H groups in total. The average molecular weight is 325 g/mol. The van der Waals surface area contributed by atoms with E-state index in [2.05, 4.69) is 10.6 Å². The van der Waals surface area contributed by atoms with Crippen molar-refractivity contribution in [2.45, 2.75) is 20.0 Å². The van der Waals surface area contributed by atoms with Crippen molar-refractivity contribution < 1.29 is 14.4 Å². The summed E-state index contributed by atoms with van der Waals surface area (Å²) in [5, 5.41) is 5.02. The summed E-state index contributed by atoms with van der Waals surface area (Å²) in [5.41, 5.74) is 8.24. The number of hydrogen-bond donors (Lipinski definition) is 3. The molecule has 2 aromatic rings. The first-order valence-electron chi connectivity index (χ1n) is 7.47. The molecule has 0 spiro atoms. The standard InChI is InChI=1S/C18H19N3O3/c1-12(22)15-6-3-7-16(9-15)21-18(24)17(23)20-11-14-5-2-4-13(8-14)10-19/h2-9H,10-11,19H2,1H3,(H,20,23)(H,21,24). The van der Waals surface area contributed by atoms with Crippen molar-refractivity contribution in [1.29, 1.82) is 0 Å². The summed E-state index contributed by atoms with van der Waals surface area (Å²) in [4.78, 5) is 35.1. The summed E-state index contributed by atoms with van der Waals surface area (Å²) in [5.74, 6) is -1.65. The molecule has 0 saturated heterocycles. The second-order valence-corrected chi connectivity index (χ2v) is 5.30. The summed E-state index contributed by atoms with van der Waals surface area (Å²) in [7, 11) is 0. The van der Waals surface area contributed by atoms with Gasteiger partial charge in [0.15, 0.2) is 5.78 Å². The van der Waals surface area contributed by atoms with Crippen molar-refractivity contribution in [2.75, 3.05) is 5.32 Å². The second kappa shape index (κ2) is 8.03. The number of amides is 2. The van der Waals surface area contributed by atoms with Crippen molar-refractivity contribution in [3.8, 4) is 0 Å². The van der Waals surface area contributed by atoms with Crippen molar-refractivity contribution in [3.63, 3.8) is 0 Å². The lowest BCUT2D eigenvalue weighted by atomic mass is 10.1. The summed E-state index contributed by atoms with van der Waals surface area (Å²) in [6, 6.07) is 13.9. The van der Waals surface area contributed by atoms with Gasteiger partial charge in [-0.25, -0.2) is 0 Å². The van der Waals surface area contributed by atoms with Crippen molar-refractivity contribution in [2.24, 2.45) is 5.73 Å². The fourth-order valence-electron chi connectivity index (χ4n) is 2.13. The van der Waals surface area contributed by atoms with E-state index in [9.17, 15) is 14.4 Å². The Morgan fingerprint density at radius 3 is 2.38 bits per heavy atom. The number of hydrogen-bond acceptors (Lipinski definition) is 4. The van der Waals surface area contributed by atoms with E-state index in [-0.39, 0.29) is 12.3 Å². The molecule has 2 rings (SSSR count). The molecule has 0 aromatic heterocycles. The highest BCUT2D eigenvalue weighted by Crippen LogP contribution is 2.11. The molecule has 2 aromatic carbocycles. The Morgan fingerprint density at radius 1 is 0.958 bits per heavy atom. The smallest absolute Gasteiger partial charge is 0.313 e. The van der Waals surface area contributed by atoms with Gasteiger partial charge in [0, 0.05) is 24.3 Å². The van der Waals surface area contributed by atoms with Crippen molar-refractivity contribution in [3.05, 3.63) is 65.2 Å². The first-order chi connectivity index (χ1) is 11.5. The van der Waals surface area contributed by atoms with Gasteiger partial charge in [0.1, 0.15) is 0 Å². The van der Waals surface area contributed by atoms with Crippen LogP contribution in [0.15, 0.2) is 48.5 Å². The van der Waals surface area contributed by atoms with Gasteiger partial charge in [0.25, 0.3) is 0 Å². The van der Waals surface area contributed by atoms with Gasteiger partial charge in [-0.05, 0) is 30.2 Å². The lowest BCUT2D eigenvalue weighted by molar-refractivity contribution is -0.136. The van der Waals surface area contributed by atoms with Crippen LogP contribution >= 0.6 is 0 Å². The summed E-state index contributed by atoms with van der Waals surface area (Å²) in [6.07, 6.45) is 0. The maximum Gasteiger partial charge on any atom is 0.313 e. The van der Waals surface area contributed by atoms with Gasteiger partial charge in [0.2, 0.25) is 0 Å². The average Bonchev–Trinajstić information content (AvgIpc) is 2.60. The molecule has 0 atom stereocenters.